The quantitative estimate of drug-likeness (QED) is 0.774. The molecule has 0 aliphatic rings. The maximum atomic E-state index is 12.0. The minimum atomic E-state index is -0.178. The van der Waals surface area contributed by atoms with Gasteiger partial charge in [-0.25, -0.2) is 4.98 Å². The highest BCUT2D eigenvalue weighted by Gasteiger charge is 2.13. The average molecular weight is 345 g/mol. The van der Waals surface area contributed by atoms with Crippen molar-refractivity contribution in [1.29, 1.82) is 0 Å². The predicted octanol–water partition coefficient (Wildman–Crippen LogP) is 3.27. The van der Waals surface area contributed by atoms with Crippen molar-refractivity contribution in [3.63, 3.8) is 0 Å². The Bertz CT molecular complexity index is 873. The van der Waals surface area contributed by atoms with Gasteiger partial charge in [-0.1, -0.05) is 13.8 Å². The first-order chi connectivity index (χ1) is 10.1. The Morgan fingerprint density at radius 3 is 2.57 bits per heavy atom. The summed E-state index contributed by atoms with van der Waals surface area (Å²) in [7, 11) is 0. The molecule has 3 aromatic rings. The summed E-state index contributed by atoms with van der Waals surface area (Å²) >= 11 is 3.30. The molecule has 21 heavy (non-hydrogen) atoms. The van der Waals surface area contributed by atoms with Gasteiger partial charge in [0.05, 0.1) is 16.7 Å². The van der Waals surface area contributed by atoms with E-state index in [-0.39, 0.29) is 11.5 Å². The number of nitrogens with zero attached hydrogens (tertiary/aromatic N) is 3. The minimum absolute atomic E-state index is 0.153. The van der Waals surface area contributed by atoms with Crippen molar-refractivity contribution in [2.24, 2.45) is 0 Å². The van der Waals surface area contributed by atoms with Crippen LogP contribution in [0.4, 0.5) is 0 Å². The van der Waals surface area contributed by atoms with Gasteiger partial charge in [-0.05, 0) is 40.0 Å². The van der Waals surface area contributed by atoms with Gasteiger partial charge in [0.15, 0.2) is 0 Å². The minimum Gasteiger partial charge on any atom is -0.306 e. The largest absolute Gasteiger partial charge is 0.306 e. The fourth-order valence-electron chi connectivity index (χ4n) is 2.11. The van der Waals surface area contributed by atoms with Gasteiger partial charge in [-0.2, -0.15) is 0 Å². The van der Waals surface area contributed by atoms with Gasteiger partial charge in [0.25, 0.3) is 5.56 Å². The highest BCUT2D eigenvalue weighted by molar-refractivity contribution is 9.10. The van der Waals surface area contributed by atoms with Crippen LogP contribution in [-0.2, 0) is 0 Å². The lowest BCUT2D eigenvalue weighted by Gasteiger charge is -2.09. The Kier molecular flexibility index (Phi) is 3.55. The third-order valence-corrected chi connectivity index (χ3v) is 3.94. The number of nitrogens with one attached hydrogen (secondary N) is 1. The number of fused-ring (bicyclic) bond motifs is 1. The number of H-pyrrole nitrogens is 1. The zero-order valence-corrected chi connectivity index (χ0v) is 13.2. The first-order valence-electron chi connectivity index (χ1n) is 6.57. The lowest BCUT2D eigenvalue weighted by atomic mass is 10.1. The van der Waals surface area contributed by atoms with Gasteiger partial charge < -0.3 is 4.98 Å². The van der Waals surface area contributed by atoms with Gasteiger partial charge in [0, 0.05) is 18.0 Å². The molecule has 106 valence electrons. The lowest BCUT2D eigenvalue weighted by molar-refractivity contribution is 0.803. The molecule has 0 fully saturated rings. The molecule has 0 unspecified atom stereocenters. The second-order valence-electron chi connectivity index (χ2n) is 5.03. The molecule has 1 aromatic carbocycles. The van der Waals surface area contributed by atoms with Crippen molar-refractivity contribution in [2.75, 3.05) is 0 Å². The van der Waals surface area contributed by atoms with Crippen molar-refractivity contribution in [3.05, 3.63) is 51.1 Å². The van der Waals surface area contributed by atoms with Crippen molar-refractivity contribution in [2.45, 2.75) is 19.8 Å². The molecule has 3 rings (SSSR count). The molecule has 5 nitrogen and oxygen atoms in total. The molecule has 2 heterocycles. The molecule has 0 bridgehead atoms. The molecule has 1 N–H and O–H groups in total. The van der Waals surface area contributed by atoms with Crippen LogP contribution in [0.5, 0.6) is 0 Å². The Labute approximate surface area is 129 Å². The molecule has 6 heteroatoms. The molecule has 0 radical (unpaired) electrons. The molecule has 0 saturated heterocycles. The van der Waals surface area contributed by atoms with Crippen LogP contribution in [0.3, 0.4) is 0 Å². The summed E-state index contributed by atoms with van der Waals surface area (Å²) < 4.78 is 0.488. The summed E-state index contributed by atoms with van der Waals surface area (Å²) in [5.41, 5.74) is 2.96. The second-order valence-corrected chi connectivity index (χ2v) is 5.82. The van der Waals surface area contributed by atoms with Gasteiger partial charge >= 0.3 is 0 Å². The topological polar surface area (TPSA) is 71.5 Å². The van der Waals surface area contributed by atoms with E-state index in [0.717, 1.165) is 22.3 Å². The summed E-state index contributed by atoms with van der Waals surface area (Å²) in [6.45, 7) is 4.00. The zero-order valence-electron chi connectivity index (χ0n) is 11.6. The van der Waals surface area contributed by atoms with Gasteiger partial charge in [0.2, 0.25) is 0 Å². The maximum Gasteiger partial charge on any atom is 0.265 e. The summed E-state index contributed by atoms with van der Waals surface area (Å²) in [6, 6.07) is 5.63. The van der Waals surface area contributed by atoms with Crippen molar-refractivity contribution in [3.8, 4) is 11.4 Å². The van der Waals surface area contributed by atoms with Gasteiger partial charge in [-0.15, -0.1) is 0 Å². The van der Waals surface area contributed by atoms with E-state index in [1.54, 1.807) is 12.4 Å². The van der Waals surface area contributed by atoms with Crippen LogP contribution >= 0.6 is 15.9 Å². The second kappa shape index (κ2) is 5.37. The highest BCUT2D eigenvalue weighted by atomic mass is 79.9. The Morgan fingerprint density at radius 2 is 1.86 bits per heavy atom. The highest BCUT2D eigenvalue weighted by Crippen LogP contribution is 2.23. The summed E-state index contributed by atoms with van der Waals surface area (Å²) in [5, 5.41) is 0. The fraction of sp³-hybridized carbons (Fsp3) is 0.200. The van der Waals surface area contributed by atoms with Gasteiger partial charge in [-0.3, -0.25) is 14.8 Å². The van der Waals surface area contributed by atoms with E-state index in [9.17, 15) is 4.79 Å². The van der Waals surface area contributed by atoms with E-state index in [2.05, 4.69) is 35.9 Å². The number of halogens is 1. The maximum absolute atomic E-state index is 12.0. The molecule has 2 aromatic heterocycles. The fourth-order valence-corrected chi connectivity index (χ4v) is 2.75. The lowest BCUT2D eigenvalue weighted by Crippen LogP contribution is -2.14. The average Bonchev–Trinajstić information content (AvgIpc) is 2.49. The van der Waals surface area contributed by atoms with E-state index in [1.165, 1.54) is 0 Å². The predicted molar refractivity (Wildman–Crippen MR) is 85.2 cm³/mol. The Morgan fingerprint density at radius 1 is 1.14 bits per heavy atom. The number of hydrogen-bond donors (Lipinski definition) is 1. The third-order valence-electron chi connectivity index (χ3n) is 3.18. The van der Waals surface area contributed by atoms with Crippen molar-refractivity contribution in [1.82, 2.24) is 19.9 Å². The van der Waals surface area contributed by atoms with Crippen LogP contribution in [0, 0.1) is 0 Å². The SMILES string of the molecule is CC(C)c1nc(-c2ccc3nccnc3c2)[nH]c(=O)c1Br. The smallest absolute Gasteiger partial charge is 0.265 e. The van der Waals surface area contributed by atoms with Crippen LogP contribution in [0.2, 0.25) is 0 Å². The molecule has 0 spiro atoms. The molecule has 0 saturated carbocycles. The van der Waals surface area contributed by atoms with Gasteiger partial charge in [0.1, 0.15) is 10.3 Å². The van der Waals surface area contributed by atoms with E-state index in [4.69, 9.17) is 0 Å². The van der Waals surface area contributed by atoms with Crippen LogP contribution in [0.25, 0.3) is 22.4 Å². The van der Waals surface area contributed by atoms with Crippen molar-refractivity contribution < 1.29 is 0 Å². The van der Waals surface area contributed by atoms with E-state index >= 15 is 0 Å². The third kappa shape index (κ3) is 2.58. The van der Waals surface area contributed by atoms with E-state index < -0.39 is 0 Å². The molecular formula is C15H13BrN4O. The normalized spacial score (nSPS) is 11.2. The number of aromatic nitrogens is 4. The molecule has 0 atom stereocenters. The first-order valence-corrected chi connectivity index (χ1v) is 7.36. The summed E-state index contributed by atoms with van der Waals surface area (Å²) in [6.07, 6.45) is 3.29. The standard InChI is InChI=1S/C15H13BrN4O/c1-8(2)13-12(16)15(21)20-14(19-13)9-3-4-10-11(7-9)18-6-5-17-10/h3-8H,1-2H3,(H,19,20,21). The number of aromatic amines is 1. The molecule has 0 aliphatic carbocycles. The van der Waals surface area contributed by atoms with Crippen LogP contribution in [0.15, 0.2) is 39.9 Å². The molecular weight excluding hydrogens is 332 g/mol. The van der Waals surface area contributed by atoms with Crippen LogP contribution in [-0.4, -0.2) is 19.9 Å². The summed E-state index contributed by atoms with van der Waals surface area (Å²) in [5.74, 6) is 0.695. The number of benzene rings is 1. The molecule has 0 amide bonds. The monoisotopic (exact) mass is 344 g/mol. The zero-order chi connectivity index (χ0) is 15.0. The molecule has 0 aliphatic heterocycles. The number of hydrogen-bond acceptors (Lipinski definition) is 4. The Balaban J connectivity index is 2.20. The van der Waals surface area contributed by atoms with E-state index in [0.29, 0.717) is 10.3 Å². The first kappa shape index (κ1) is 13.9. The summed E-state index contributed by atoms with van der Waals surface area (Å²) in [4.78, 5) is 27.9. The van der Waals surface area contributed by atoms with Crippen molar-refractivity contribution >= 4 is 27.0 Å². The van der Waals surface area contributed by atoms with Crippen LogP contribution in [0.1, 0.15) is 25.5 Å². The Hall–Kier alpha value is -2.08. The van der Waals surface area contributed by atoms with Crippen LogP contribution < -0.4 is 5.56 Å². The number of rotatable bonds is 2. The van der Waals surface area contributed by atoms with E-state index in [1.807, 2.05) is 32.0 Å².